The van der Waals surface area contributed by atoms with Gasteiger partial charge < -0.3 is 9.73 Å². The van der Waals surface area contributed by atoms with E-state index in [1.807, 2.05) is 6.07 Å². The van der Waals surface area contributed by atoms with Gasteiger partial charge in [-0.05, 0) is 49.2 Å². The Hall–Kier alpha value is -3.20. The molecule has 0 unspecified atom stereocenters. The maximum atomic E-state index is 12.9. The Bertz CT molecular complexity index is 1290. The number of hydrogen-bond donors (Lipinski definition) is 1. The quantitative estimate of drug-likeness (QED) is 0.506. The molecule has 0 atom stereocenters. The molecule has 0 radical (unpaired) electrons. The molecule has 1 aliphatic rings. The summed E-state index contributed by atoms with van der Waals surface area (Å²) in [6, 6.07) is 15.1. The van der Waals surface area contributed by atoms with E-state index in [0.29, 0.717) is 29.9 Å². The number of rotatable bonds is 7. The second-order valence-electron chi connectivity index (χ2n) is 7.40. The van der Waals surface area contributed by atoms with Crippen molar-refractivity contribution in [1.29, 1.82) is 5.26 Å². The van der Waals surface area contributed by atoms with Gasteiger partial charge in [0, 0.05) is 24.3 Å². The van der Waals surface area contributed by atoms with Gasteiger partial charge in [-0.15, -0.1) is 10.2 Å². The van der Waals surface area contributed by atoms with E-state index in [2.05, 4.69) is 15.5 Å². The molecule has 0 saturated carbocycles. The summed E-state index contributed by atoms with van der Waals surface area (Å²) >= 11 is 1.06. The summed E-state index contributed by atoms with van der Waals surface area (Å²) in [7, 11) is -3.58. The van der Waals surface area contributed by atoms with Crippen LogP contribution in [0.15, 0.2) is 63.1 Å². The summed E-state index contributed by atoms with van der Waals surface area (Å²) < 4.78 is 33.0. The molecule has 0 spiro atoms. The molecule has 3 aromatic rings. The molecule has 0 aliphatic carbocycles. The van der Waals surface area contributed by atoms with Crippen LogP contribution in [0.1, 0.15) is 24.8 Å². The lowest BCUT2D eigenvalue weighted by atomic mass is 10.2. The molecule has 1 aromatic heterocycles. The van der Waals surface area contributed by atoms with Gasteiger partial charge >= 0.3 is 0 Å². The van der Waals surface area contributed by atoms with E-state index >= 15 is 0 Å². The number of amides is 1. The average molecular weight is 484 g/mol. The predicted molar refractivity (Wildman–Crippen MR) is 123 cm³/mol. The number of sulfonamides is 1. The minimum absolute atomic E-state index is 0.0296. The predicted octanol–water partition coefficient (Wildman–Crippen LogP) is 3.51. The van der Waals surface area contributed by atoms with Gasteiger partial charge in [-0.25, -0.2) is 8.42 Å². The van der Waals surface area contributed by atoms with E-state index in [9.17, 15) is 13.2 Å². The molecule has 4 rings (SSSR count). The zero-order valence-electron chi connectivity index (χ0n) is 17.6. The fourth-order valence-electron chi connectivity index (χ4n) is 3.42. The highest BCUT2D eigenvalue weighted by atomic mass is 32.2. The molecular weight excluding hydrogens is 462 g/mol. The van der Waals surface area contributed by atoms with Crippen molar-refractivity contribution >= 4 is 33.4 Å². The van der Waals surface area contributed by atoms with Gasteiger partial charge in [0.15, 0.2) is 0 Å². The summed E-state index contributed by atoms with van der Waals surface area (Å²) in [6.45, 7) is 1.05. The first-order valence-corrected chi connectivity index (χ1v) is 12.8. The minimum atomic E-state index is -3.58. The topological polar surface area (TPSA) is 129 Å². The number of hydrogen-bond acceptors (Lipinski definition) is 8. The molecular formula is C22H21N5O4S2. The number of benzene rings is 2. The van der Waals surface area contributed by atoms with Gasteiger partial charge in [-0.3, -0.25) is 4.79 Å². The van der Waals surface area contributed by atoms with Gasteiger partial charge in [-0.2, -0.15) is 9.57 Å². The van der Waals surface area contributed by atoms with Gasteiger partial charge in [0.05, 0.1) is 22.3 Å². The van der Waals surface area contributed by atoms with E-state index < -0.39 is 10.0 Å². The van der Waals surface area contributed by atoms with Crippen LogP contribution in [-0.2, 0) is 14.8 Å². The first-order chi connectivity index (χ1) is 16.0. The van der Waals surface area contributed by atoms with Crippen LogP contribution >= 0.6 is 11.8 Å². The smallest absolute Gasteiger partial charge is 0.277 e. The highest BCUT2D eigenvalue weighted by Crippen LogP contribution is 2.27. The lowest BCUT2D eigenvalue weighted by Gasteiger charge is -2.25. The van der Waals surface area contributed by atoms with Crippen LogP contribution in [0.25, 0.3) is 11.5 Å². The number of nitriles is 1. The van der Waals surface area contributed by atoms with E-state index in [1.165, 1.54) is 10.4 Å². The number of nitrogens with one attached hydrogen (secondary N) is 1. The fourth-order valence-corrected chi connectivity index (χ4v) is 5.55. The Morgan fingerprint density at radius 2 is 1.91 bits per heavy atom. The number of nitrogens with zero attached hydrogens (tertiary/aromatic N) is 4. The molecule has 1 saturated heterocycles. The number of piperidine rings is 1. The van der Waals surface area contributed by atoms with Crippen LogP contribution in [0, 0.1) is 11.3 Å². The zero-order valence-corrected chi connectivity index (χ0v) is 19.2. The van der Waals surface area contributed by atoms with Crippen LogP contribution < -0.4 is 5.32 Å². The van der Waals surface area contributed by atoms with Crippen LogP contribution in [0.2, 0.25) is 0 Å². The van der Waals surface area contributed by atoms with Crippen molar-refractivity contribution in [3.63, 3.8) is 0 Å². The van der Waals surface area contributed by atoms with Gasteiger partial charge in [0.1, 0.15) is 0 Å². The highest BCUT2D eigenvalue weighted by Gasteiger charge is 2.26. The number of carbonyl (C=O) groups excluding carboxylic acids is 1. The fraction of sp³-hybridized carbons (Fsp3) is 0.273. The number of anilines is 1. The van der Waals surface area contributed by atoms with Crippen molar-refractivity contribution in [3.05, 3.63) is 54.1 Å². The summed E-state index contributed by atoms with van der Waals surface area (Å²) in [5.74, 6) is -0.0818. The largest absolute Gasteiger partial charge is 0.411 e. The van der Waals surface area contributed by atoms with Crippen LogP contribution in [-0.4, -0.2) is 47.7 Å². The van der Waals surface area contributed by atoms with Crippen molar-refractivity contribution < 1.29 is 17.6 Å². The van der Waals surface area contributed by atoms with Gasteiger partial charge in [-0.1, -0.05) is 30.3 Å². The average Bonchev–Trinajstić information content (AvgIpc) is 3.33. The Labute approximate surface area is 195 Å². The first-order valence-electron chi connectivity index (χ1n) is 10.3. The number of thioether (sulfide) groups is 1. The molecule has 9 nitrogen and oxygen atoms in total. The van der Waals surface area contributed by atoms with Crippen molar-refractivity contribution in [2.75, 3.05) is 24.2 Å². The van der Waals surface area contributed by atoms with Crippen LogP contribution in [0.5, 0.6) is 0 Å². The van der Waals surface area contributed by atoms with Gasteiger partial charge in [0.25, 0.3) is 5.22 Å². The molecule has 11 heteroatoms. The first kappa shape index (κ1) is 23.0. The second kappa shape index (κ2) is 10.2. The number of aromatic nitrogens is 2. The third-order valence-corrected chi connectivity index (χ3v) is 7.76. The molecule has 0 bridgehead atoms. The molecule has 1 fully saturated rings. The molecule has 33 heavy (non-hydrogen) atoms. The van der Waals surface area contributed by atoms with E-state index in [-0.39, 0.29) is 27.7 Å². The molecule has 1 N–H and O–H groups in total. The van der Waals surface area contributed by atoms with Crippen molar-refractivity contribution in [1.82, 2.24) is 14.5 Å². The van der Waals surface area contributed by atoms with Crippen molar-refractivity contribution in [3.8, 4) is 17.5 Å². The molecule has 2 aromatic carbocycles. The minimum Gasteiger partial charge on any atom is -0.411 e. The van der Waals surface area contributed by atoms with E-state index in [0.717, 1.165) is 31.0 Å². The monoisotopic (exact) mass is 483 g/mol. The van der Waals surface area contributed by atoms with Gasteiger partial charge in [0.2, 0.25) is 21.8 Å². The molecule has 2 heterocycles. The van der Waals surface area contributed by atoms with Crippen molar-refractivity contribution in [2.45, 2.75) is 29.4 Å². The molecule has 170 valence electrons. The Morgan fingerprint density at radius 3 is 2.70 bits per heavy atom. The maximum absolute atomic E-state index is 12.9. The zero-order chi connectivity index (χ0) is 23.3. The Morgan fingerprint density at radius 1 is 1.12 bits per heavy atom. The molecule has 1 amide bonds. The van der Waals surface area contributed by atoms with E-state index in [1.54, 1.807) is 42.5 Å². The van der Waals surface area contributed by atoms with Crippen molar-refractivity contribution in [2.24, 2.45) is 0 Å². The maximum Gasteiger partial charge on any atom is 0.277 e. The lowest BCUT2D eigenvalue weighted by molar-refractivity contribution is -0.113. The normalized spacial score (nSPS) is 14.5. The van der Waals surface area contributed by atoms with E-state index in [4.69, 9.17) is 9.68 Å². The van der Waals surface area contributed by atoms with Crippen LogP contribution in [0.4, 0.5) is 5.69 Å². The Kier molecular flexibility index (Phi) is 7.08. The second-order valence-corrected chi connectivity index (χ2v) is 10.3. The standard InChI is InChI=1S/C22H21N5O4S2/c23-14-16-6-4-8-18(12-16)24-20(28)15-32-22-26-25-21(31-22)17-7-5-9-19(13-17)33(29,30)27-10-2-1-3-11-27/h4-9,12-13H,1-3,10-11,15H2,(H,24,28). The Balaban J connectivity index is 1.40. The highest BCUT2D eigenvalue weighted by molar-refractivity contribution is 7.99. The number of carbonyl (C=O) groups is 1. The summed E-state index contributed by atoms with van der Waals surface area (Å²) in [5, 5.41) is 19.8. The third-order valence-electron chi connectivity index (χ3n) is 5.04. The lowest BCUT2D eigenvalue weighted by Crippen LogP contribution is -2.35. The SMILES string of the molecule is N#Cc1cccc(NC(=O)CSc2nnc(-c3cccc(S(=O)(=O)N4CCCCC4)c3)o2)c1. The summed E-state index contributed by atoms with van der Waals surface area (Å²) in [4.78, 5) is 12.4. The van der Waals surface area contributed by atoms with Crippen LogP contribution in [0.3, 0.4) is 0 Å². The summed E-state index contributed by atoms with van der Waals surface area (Å²) in [6.07, 6.45) is 2.76. The third kappa shape index (κ3) is 5.60. The molecule has 1 aliphatic heterocycles. The summed E-state index contributed by atoms with van der Waals surface area (Å²) in [5.41, 5.74) is 1.47.